The van der Waals surface area contributed by atoms with Gasteiger partial charge in [0.1, 0.15) is 11.5 Å². The summed E-state index contributed by atoms with van der Waals surface area (Å²) in [6, 6.07) is 12.4. The Labute approximate surface area is 216 Å². The fourth-order valence-electron chi connectivity index (χ4n) is 6.52. The third-order valence-electron chi connectivity index (χ3n) is 9.15. The second kappa shape index (κ2) is 11.4. The molecule has 2 aromatic rings. The van der Waals surface area contributed by atoms with Crippen molar-refractivity contribution in [1.29, 1.82) is 0 Å². The number of carbonyl (C=O) groups excluding carboxylic acids is 1. The molecular weight excluding hydrogens is 448 g/mol. The van der Waals surface area contributed by atoms with Crippen LogP contribution in [0.3, 0.4) is 0 Å². The zero-order valence-electron chi connectivity index (χ0n) is 22.3. The minimum atomic E-state index is -0.0634. The van der Waals surface area contributed by atoms with Gasteiger partial charge < -0.3 is 14.2 Å². The van der Waals surface area contributed by atoms with E-state index in [0.717, 1.165) is 56.1 Å². The molecule has 0 radical (unpaired) electrons. The lowest BCUT2D eigenvalue weighted by atomic mass is 9.81. The molecule has 0 saturated heterocycles. The fraction of sp³-hybridized carbons (Fsp3) is 0.594. The first-order valence-corrected chi connectivity index (χ1v) is 14.3. The van der Waals surface area contributed by atoms with Crippen molar-refractivity contribution in [3.63, 3.8) is 0 Å². The Bertz CT molecular complexity index is 1040. The first kappa shape index (κ1) is 25.3. The molecule has 2 aromatic carbocycles. The Morgan fingerprint density at radius 1 is 0.778 bits per heavy atom. The smallest absolute Gasteiger partial charge is 0.314 e. The highest BCUT2D eigenvalue weighted by molar-refractivity contribution is 5.81. The Morgan fingerprint density at radius 2 is 1.33 bits per heavy atom. The third kappa shape index (κ3) is 5.49. The summed E-state index contributed by atoms with van der Waals surface area (Å²) in [5, 5.41) is 0. The molecule has 0 amide bonds. The molecule has 0 aliphatic heterocycles. The summed E-state index contributed by atoms with van der Waals surface area (Å²) in [7, 11) is 0. The van der Waals surface area contributed by atoms with Gasteiger partial charge in [-0.1, -0.05) is 45.7 Å². The van der Waals surface area contributed by atoms with Gasteiger partial charge in [-0.15, -0.1) is 0 Å². The summed E-state index contributed by atoms with van der Waals surface area (Å²) in [4.78, 5) is 12.8. The van der Waals surface area contributed by atoms with Crippen molar-refractivity contribution in [2.75, 3.05) is 6.79 Å². The largest absolute Gasteiger partial charge is 0.468 e. The van der Waals surface area contributed by atoms with Gasteiger partial charge in [-0.3, -0.25) is 4.79 Å². The number of hydrogen-bond acceptors (Lipinski definition) is 4. The predicted molar refractivity (Wildman–Crippen MR) is 143 cm³/mol. The van der Waals surface area contributed by atoms with Crippen molar-refractivity contribution in [3.8, 4) is 22.6 Å². The van der Waals surface area contributed by atoms with Gasteiger partial charge in [0.05, 0.1) is 12.0 Å². The molecule has 0 heterocycles. The molecule has 0 aromatic heterocycles. The maximum Gasteiger partial charge on any atom is 0.314 e. The van der Waals surface area contributed by atoms with Crippen LogP contribution in [0.4, 0.5) is 0 Å². The van der Waals surface area contributed by atoms with Crippen LogP contribution in [-0.4, -0.2) is 18.9 Å². The van der Waals surface area contributed by atoms with Crippen molar-refractivity contribution in [1.82, 2.24) is 0 Å². The van der Waals surface area contributed by atoms with Crippen molar-refractivity contribution >= 4 is 5.97 Å². The molecular formula is C32H42O4. The van der Waals surface area contributed by atoms with E-state index in [0.29, 0.717) is 18.6 Å². The molecule has 0 spiro atoms. The van der Waals surface area contributed by atoms with Crippen LogP contribution in [0.2, 0.25) is 0 Å². The summed E-state index contributed by atoms with van der Waals surface area (Å²) >= 11 is 0. The van der Waals surface area contributed by atoms with E-state index in [1.54, 1.807) is 0 Å². The van der Waals surface area contributed by atoms with Crippen LogP contribution < -0.4 is 9.47 Å². The minimum Gasteiger partial charge on any atom is -0.468 e. The molecule has 3 aliphatic carbocycles. The molecule has 194 valence electrons. The summed E-state index contributed by atoms with van der Waals surface area (Å²) in [5.74, 6) is 3.36. The number of carbonyl (C=O) groups is 1. The number of hydrogen-bond donors (Lipinski definition) is 0. The zero-order chi connectivity index (χ0) is 25.1. The number of ether oxygens (including phenoxy) is 3. The molecule has 2 saturated carbocycles. The second-order valence-electron chi connectivity index (χ2n) is 11.2. The van der Waals surface area contributed by atoms with Gasteiger partial charge >= 0.3 is 5.97 Å². The predicted octanol–water partition coefficient (Wildman–Crippen LogP) is 8.26. The maximum absolute atomic E-state index is 12.8. The monoisotopic (exact) mass is 490 g/mol. The van der Waals surface area contributed by atoms with E-state index in [2.05, 4.69) is 45.0 Å². The first-order valence-electron chi connectivity index (χ1n) is 14.3. The highest BCUT2D eigenvalue weighted by Crippen LogP contribution is 2.47. The first-order chi connectivity index (χ1) is 17.6. The van der Waals surface area contributed by atoms with Crippen LogP contribution in [0.1, 0.15) is 102 Å². The van der Waals surface area contributed by atoms with Crippen LogP contribution >= 0.6 is 0 Å². The molecule has 1 unspecified atom stereocenters. The molecule has 0 N–H and O–H groups in total. The van der Waals surface area contributed by atoms with Gasteiger partial charge in [-0.2, -0.15) is 0 Å². The fourth-order valence-corrected chi connectivity index (χ4v) is 6.52. The van der Waals surface area contributed by atoms with Gasteiger partial charge in [0, 0.05) is 5.92 Å². The molecule has 1 atom stereocenters. The molecule has 4 nitrogen and oxygen atoms in total. The molecule has 3 aliphatic rings. The molecule has 36 heavy (non-hydrogen) atoms. The lowest BCUT2D eigenvalue weighted by Gasteiger charge is -2.27. The Morgan fingerprint density at radius 3 is 1.94 bits per heavy atom. The van der Waals surface area contributed by atoms with E-state index >= 15 is 0 Å². The maximum atomic E-state index is 12.8. The van der Waals surface area contributed by atoms with E-state index in [1.165, 1.54) is 47.9 Å². The Hall–Kier alpha value is -2.33. The quantitative estimate of drug-likeness (QED) is 0.212. The standard InChI is InChI=1S/C32H42O4/c1-4-22-6-10-24(11-7-22)32(33)36-27-15-17-29-28-16-14-26(18-30(28)21(3)31(29)19-27)35-20-34-25-12-8-23(5-2)9-13-25/h14-19,21-25H,4-13,20H2,1-3H3. The molecule has 2 fully saturated rings. The Balaban J connectivity index is 1.18. The molecule has 0 bridgehead atoms. The summed E-state index contributed by atoms with van der Waals surface area (Å²) in [6.45, 7) is 7.06. The Kier molecular flexibility index (Phi) is 8.00. The highest BCUT2D eigenvalue weighted by atomic mass is 16.7. The van der Waals surface area contributed by atoms with E-state index in [1.807, 2.05) is 12.1 Å². The summed E-state index contributed by atoms with van der Waals surface area (Å²) < 4.78 is 17.9. The van der Waals surface area contributed by atoms with E-state index < -0.39 is 0 Å². The van der Waals surface area contributed by atoms with Crippen LogP contribution in [0.15, 0.2) is 36.4 Å². The number of fused-ring (bicyclic) bond motifs is 3. The van der Waals surface area contributed by atoms with Gasteiger partial charge in [-0.25, -0.2) is 0 Å². The third-order valence-corrected chi connectivity index (χ3v) is 9.15. The van der Waals surface area contributed by atoms with Crippen LogP contribution in [0, 0.1) is 17.8 Å². The average Bonchev–Trinajstić information content (AvgIpc) is 3.19. The van der Waals surface area contributed by atoms with Gasteiger partial charge in [-0.05, 0) is 110 Å². The summed E-state index contributed by atoms with van der Waals surface area (Å²) in [6.07, 6.45) is 11.8. The van der Waals surface area contributed by atoms with Crippen molar-refractivity contribution < 1.29 is 19.0 Å². The average molecular weight is 491 g/mol. The topological polar surface area (TPSA) is 44.8 Å². The van der Waals surface area contributed by atoms with Crippen LogP contribution in [0.5, 0.6) is 11.5 Å². The highest BCUT2D eigenvalue weighted by Gasteiger charge is 2.29. The normalized spacial score (nSPS) is 27.2. The van der Waals surface area contributed by atoms with Gasteiger partial charge in [0.2, 0.25) is 0 Å². The second-order valence-corrected chi connectivity index (χ2v) is 11.2. The summed E-state index contributed by atoms with van der Waals surface area (Å²) in [5.41, 5.74) is 4.93. The lowest BCUT2D eigenvalue weighted by Crippen LogP contribution is -2.25. The minimum absolute atomic E-state index is 0.0410. The van der Waals surface area contributed by atoms with E-state index in [9.17, 15) is 4.79 Å². The van der Waals surface area contributed by atoms with Crippen molar-refractivity contribution in [2.24, 2.45) is 17.8 Å². The number of rotatable bonds is 8. The molecule has 4 heteroatoms. The van der Waals surface area contributed by atoms with Crippen LogP contribution in [0.25, 0.3) is 11.1 Å². The zero-order valence-corrected chi connectivity index (χ0v) is 22.3. The van der Waals surface area contributed by atoms with Crippen LogP contribution in [-0.2, 0) is 9.53 Å². The molecule has 5 rings (SSSR count). The number of benzene rings is 2. The van der Waals surface area contributed by atoms with E-state index in [-0.39, 0.29) is 17.8 Å². The van der Waals surface area contributed by atoms with Gasteiger partial charge in [0.25, 0.3) is 0 Å². The van der Waals surface area contributed by atoms with E-state index in [4.69, 9.17) is 14.2 Å². The SMILES string of the molecule is CCC1CCC(OCOc2ccc3c(c2)C(C)c2cc(OC(=O)C4CCC(CC)CC4)ccc2-3)CC1. The lowest BCUT2D eigenvalue weighted by molar-refractivity contribution is -0.140. The van der Waals surface area contributed by atoms with Crippen molar-refractivity contribution in [2.45, 2.75) is 97.0 Å². The number of esters is 1. The van der Waals surface area contributed by atoms with Crippen molar-refractivity contribution in [3.05, 3.63) is 47.5 Å². The van der Waals surface area contributed by atoms with Gasteiger partial charge in [0.15, 0.2) is 6.79 Å².